The van der Waals surface area contributed by atoms with E-state index in [1.165, 1.54) is 0 Å². The predicted octanol–water partition coefficient (Wildman–Crippen LogP) is 1.23. The van der Waals surface area contributed by atoms with E-state index >= 15 is 0 Å². The van der Waals surface area contributed by atoms with Crippen molar-refractivity contribution in [3.8, 4) is 0 Å². The summed E-state index contributed by atoms with van der Waals surface area (Å²) in [4.78, 5) is 4.31. The summed E-state index contributed by atoms with van der Waals surface area (Å²) in [6, 6.07) is 0.321. The van der Waals surface area contributed by atoms with Gasteiger partial charge in [-0.05, 0) is 19.3 Å². The van der Waals surface area contributed by atoms with Crippen LogP contribution in [0.3, 0.4) is 0 Å². The molecule has 4 heteroatoms. The number of rotatable bonds is 2. The molecule has 0 aromatic carbocycles. The van der Waals surface area contributed by atoms with Gasteiger partial charge in [0.1, 0.15) is 0 Å². The van der Waals surface area contributed by atoms with E-state index in [-0.39, 0.29) is 0 Å². The molecule has 1 fully saturated rings. The number of hydrogen-bond acceptors (Lipinski definition) is 4. The Kier molecular flexibility index (Phi) is 2.31. The van der Waals surface area contributed by atoms with Crippen molar-refractivity contribution in [2.45, 2.75) is 44.6 Å². The maximum Gasteiger partial charge on any atom is 0.229 e. The molecule has 2 N–H and O–H groups in total. The monoisotopic (exact) mass is 181 g/mol. The van der Waals surface area contributed by atoms with Crippen molar-refractivity contribution < 1.29 is 4.52 Å². The van der Waals surface area contributed by atoms with E-state index in [1.54, 1.807) is 0 Å². The van der Waals surface area contributed by atoms with Crippen LogP contribution in [0.25, 0.3) is 0 Å². The van der Waals surface area contributed by atoms with Crippen molar-refractivity contribution in [3.63, 3.8) is 0 Å². The van der Waals surface area contributed by atoms with Crippen LogP contribution in [0, 0.1) is 0 Å². The first kappa shape index (κ1) is 8.69. The van der Waals surface area contributed by atoms with Crippen molar-refractivity contribution in [3.05, 3.63) is 11.7 Å². The van der Waals surface area contributed by atoms with E-state index < -0.39 is 0 Å². The number of aryl methyl sites for hydroxylation is 1. The SMILES string of the molecule is CCc1noc([C@@H]2CC[C@H](N)C2)n1. The number of nitrogens with zero attached hydrogens (tertiary/aromatic N) is 2. The van der Waals surface area contributed by atoms with E-state index in [9.17, 15) is 0 Å². The first-order valence-electron chi connectivity index (χ1n) is 4.87. The largest absolute Gasteiger partial charge is 0.339 e. The topological polar surface area (TPSA) is 64.9 Å². The summed E-state index contributed by atoms with van der Waals surface area (Å²) >= 11 is 0. The minimum atomic E-state index is 0.321. The van der Waals surface area contributed by atoms with Crippen molar-refractivity contribution in [1.82, 2.24) is 10.1 Å². The van der Waals surface area contributed by atoms with Gasteiger partial charge in [-0.1, -0.05) is 12.1 Å². The van der Waals surface area contributed by atoms with Crippen LogP contribution in [-0.4, -0.2) is 16.2 Å². The standard InChI is InChI=1S/C9H15N3O/c1-2-8-11-9(13-12-8)6-3-4-7(10)5-6/h6-7H,2-5,10H2,1H3/t6-,7+/m1/s1. The third-order valence-electron chi connectivity index (χ3n) is 2.62. The zero-order valence-electron chi connectivity index (χ0n) is 7.86. The molecule has 2 atom stereocenters. The van der Waals surface area contributed by atoms with Crippen LogP contribution >= 0.6 is 0 Å². The number of aromatic nitrogens is 2. The van der Waals surface area contributed by atoms with Crippen molar-refractivity contribution >= 4 is 0 Å². The third-order valence-corrected chi connectivity index (χ3v) is 2.62. The Morgan fingerprint density at radius 2 is 2.38 bits per heavy atom. The van der Waals surface area contributed by atoms with Gasteiger partial charge in [0.05, 0.1) is 0 Å². The summed E-state index contributed by atoms with van der Waals surface area (Å²) in [6.45, 7) is 2.02. The fraction of sp³-hybridized carbons (Fsp3) is 0.778. The summed E-state index contributed by atoms with van der Waals surface area (Å²) in [5.41, 5.74) is 5.81. The van der Waals surface area contributed by atoms with E-state index in [2.05, 4.69) is 10.1 Å². The van der Waals surface area contributed by atoms with Gasteiger partial charge in [0, 0.05) is 18.4 Å². The molecule has 0 spiro atoms. The molecule has 72 valence electrons. The highest BCUT2D eigenvalue weighted by Gasteiger charge is 2.27. The van der Waals surface area contributed by atoms with Crippen molar-refractivity contribution in [2.24, 2.45) is 5.73 Å². The molecule has 0 bridgehead atoms. The zero-order valence-corrected chi connectivity index (χ0v) is 7.86. The van der Waals surface area contributed by atoms with Crippen LogP contribution in [-0.2, 0) is 6.42 Å². The normalized spacial score (nSPS) is 28.2. The van der Waals surface area contributed by atoms with Crippen LogP contribution in [0.2, 0.25) is 0 Å². The van der Waals surface area contributed by atoms with Crippen LogP contribution in [0.5, 0.6) is 0 Å². The van der Waals surface area contributed by atoms with Gasteiger partial charge < -0.3 is 10.3 Å². The molecule has 0 amide bonds. The highest BCUT2D eigenvalue weighted by atomic mass is 16.5. The molecule has 0 unspecified atom stereocenters. The lowest BCUT2D eigenvalue weighted by atomic mass is 10.1. The maximum atomic E-state index is 5.81. The molecule has 1 aliphatic carbocycles. The number of hydrogen-bond donors (Lipinski definition) is 1. The maximum absolute atomic E-state index is 5.81. The minimum absolute atomic E-state index is 0.321. The molecule has 2 rings (SSSR count). The molecule has 1 heterocycles. The van der Waals surface area contributed by atoms with Gasteiger partial charge in [-0.25, -0.2) is 0 Å². The summed E-state index contributed by atoms with van der Waals surface area (Å²) in [5.74, 6) is 1.99. The molecule has 1 aromatic rings. The third kappa shape index (κ3) is 1.72. The van der Waals surface area contributed by atoms with Crippen LogP contribution in [0.15, 0.2) is 4.52 Å². The lowest BCUT2D eigenvalue weighted by Gasteiger charge is -2.01. The molecule has 1 aromatic heterocycles. The summed E-state index contributed by atoms with van der Waals surface area (Å²) in [6.07, 6.45) is 3.99. The lowest BCUT2D eigenvalue weighted by molar-refractivity contribution is 0.349. The smallest absolute Gasteiger partial charge is 0.229 e. The minimum Gasteiger partial charge on any atom is -0.339 e. The Balaban J connectivity index is 2.08. The first-order chi connectivity index (χ1) is 6.29. The summed E-state index contributed by atoms with van der Waals surface area (Å²) in [7, 11) is 0. The van der Waals surface area contributed by atoms with Crippen LogP contribution in [0.4, 0.5) is 0 Å². The Hall–Kier alpha value is -0.900. The fourth-order valence-corrected chi connectivity index (χ4v) is 1.82. The highest BCUT2D eigenvalue weighted by Crippen LogP contribution is 2.32. The van der Waals surface area contributed by atoms with Gasteiger partial charge in [-0.2, -0.15) is 4.98 Å². The van der Waals surface area contributed by atoms with Gasteiger partial charge in [0.2, 0.25) is 5.89 Å². The van der Waals surface area contributed by atoms with Gasteiger partial charge >= 0.3 is 0 Å². The van der Waals surface area contributed by atoms with Crippen molar-refractivity contribution in [1.29, 1.82) is 0 Å². The van der Waals surface area contributed by atoms with Crippen LogP contribution in [0.1, 0.15) is 43.8 Å². The Bertz CT molecular complexity index is 284. The second-order valence-electron chi connectivity index (χ2n) is 3.67. The predicted molar refractivity (Wildman–Crippen MR) is 48.2 cm³/mol. The Morgan fingerprint density at radius 1 is 1.54 bits per heavy atom. The van der Waals surface area contributed by atoms with Gasteiger partial charge in [-0.15, -0.1) is 0 Å². The highest BCUT2D eigenvalue weighted by molar-refractivity contribution is 4.98. The molecule has 1 saturated carbocycles. The number of nitrogens with two attached hydrogens (primary N) is 1. The molecule has 0 aliphatic heterocycles. The molecule has 0 saturated heterocycles. The molecule has 1 aliphatic rings. The molecular formula is C9H15N3O. The van der Waals surface area contributed by atoms with Crippen LogP contribution < -0.4 is 5.73 Å². The van der Waals surface area contributed by atoms with E-state index in [0.29, 0.717) is 12.0 Å². The zero-order chi connectivity index (χ0) is 9.26. The van der Waals surface area contributed by atoms with E-state index in [1.807, 2.05) is 6.92 Å². The Labute approximate surface area is 77.5 Å². The molecule has 0 radical (unpaired) electrons. The van der Waals surface area contributed by atoms with Gasteiger partial charge in [0.25, 0.3) is 0 Å². The van der Waals surface area contributed by atoms with E-state index in [4.69, 9.17) is 10.3 Å². The lowest BCUT2D eigenvalue weighted by Crippen LogP contribution is -2.14. The second kappa shape index (κ2) is 3.46. The van der Waals surface area contributed by atoms with E-state index in [0.717, 1.165) is 37.4 Å². The van der Waals surface area contributed by atoms with Gasteiger partial charge in [-0.3, -0.25) is 0 Å². The van der Waals surface area contributed by atoms with Crippen molar-refractivity contribution in [2.75, 3.05) is 0 Å². The summed E-state index contributed by atoms with van der Waals surface area (Å²) < 4.78 is 5.17. The quantitative estimate of drug-likeness (QED) is 0.745. The Morgan fingerprint density at radius 3 is 2.92 bits per heavy atom. The molecule has 13 heavy (non-hydrogen) atoms. The second-order valence-corrected chi connectivity index (χ2v) is 3.67. The molecular weight excluding hydrogens is 166 g/mol. The fourth-order valence-electron chi connectivity index (χ4n) is 1.82. The average molecular weight is 181 g/mol. The van der Waals surface area contributed by atoms with Gasteiger partial charge in [0.15, 0.2) is 5.82 Å². The summed E-state index contributed by atoms with van der Waals surface area (Å²) in [5, 5.41) is 3.88. The average Bonchev–Trinajstić information content (AvgIpc) is 2.71. The first-order valence-corrected chi connectivity index (χ1v) is 4.87. The molecule has 4 nitrogen and oxygen atoms in total.